The molecule has 5 heteroatoms. The van der Waals surface area contributed by atoms with Gasteiger partial charge in [-0.1, -0.05) is 17.5 Å². The Morgan fingerprint density at radius 1 is 1.50 bits per heavy atom. The van der Waals surface area contributed by atoms with E-state index >= 15 is 0 Å². The van der Waals surface area contributed by atoms with E-state index in [0.717, 1.165) is 4.68 Å². The van der Waals surface area contributed by atoms with Gasteiger partial charge in [0, 0.05) is 13.0 Å². The van der Waals surface area contributed by atoms with Crippen molar-refractivity contribution in [1.82, 2.24) is 9.78 Å². The molecule has 0 amide bonds. The summed E-state index contributed by atoms with van der Waals surface area (Å²) in [4.78, 5) is 11.8. The van der Waals surface area contributed by atoms with Gasteiger partial charge in [0.05, 0.1) is 11.2 Å². The number of halogens is 1. The van der Waals surface area contributed by atoms with E-state index in [1.54, 1.807) is 0 Å². The Labute approximate surface area is 98.6 Å². The Kier molecular flexibility index (Phi) is 4.44. The summed E-state index contributed by atoms with van der Waals surface area (Å²) in [5.41, 5.74) is -0.0651. The van der Waals surface area contributed by atoms with Gasteiger partial charge in [-0.05, 0) is 0 Å². The van der Waals surface area contributed by atoms with Crippen LogP contribution in [0, 0.1) is 24.7 Å². The summed E-state index contributed by atoms with van der Waals surface area (Å²) in [6.45, 7) is 0.589. The number of nitrogens with zero attached hydrogens (tertiary/aromatic N) is 2. The summed E-state index contributed by atoms with van der Waals surface area (Å²) >= 11 is 5.84. The van der Waals surface area contributed by atoms with Gasteiger partial charge in [0.15, 0.2) is 0 Å². The third-order valence-electron chi connectivity index (χ3n) is 1.81. The van der Waals surface area contributed by atoms with Gasteiger partial charge in [-0.25, -0.2) is 4.68 Å². The zero-order chi connectivity index (χ0) is 12.0. The van der Waals surface area contributed by atoms with E-state index < -0.39 is 0 Å². The molecule has 16 heavy (non-hydrogen) atoms. The molecule has 0 aliphatic heterocycles. The Hall–Kier alpha value is -1.91. The predicted molar refractivity (Wildman–Crippen MR) is 64.3 cm³/mol. The highest BCUT2D eigenvalue weighted by atomic mass is 35.5. The molecule has 1 heterocycles. The van der Waals surface area contributed by atoms with Crippen LogP contribution in [0.25, 0.3) is 0 Å². The van der Waals surface area contributed by atoms with E-state index in [9.17, 15) is 4.79 Å². The van der Waals surface area contributed by atoms with Gasteiger partial charge < -0.3 is 5.32 Å². The molecule has 0 fully saturated rings. The van der Waals surface area contributed by atoms with E-state index in [1.807, 2.05) is 0 Å². The zero-order valence-electron chi connectivity index (χ0n) is 8.53. The maximum Gasteiger partial charge on any atom is 0.292 e. The molecule has 4 nitrogen and oxygen atoms in total. The van der Waals surface area contributed by atoms with Crippen molar-refractivity contribution in [2.45, 2.75) is 13.0 Å². The average molecular weight is 236 g/mol. The minimum Gasteiger partial charge on any atom is -0.378 e. The fourth-order valence-corrected chi connectivity index (χ4v) is 1.28. The minimum absolute atomic E-state index is 0.111. The van der Waals surface area contributed by atoms with E-state index in [4.69, 9.17) is 24.4 Å². The lowest BCUT2D eigenvalue weighted by molar-refractivity contribution is 0.664. The van der Waals surface area contributed by atoms with Gasteiger partial charge in [0.2, 0.25) is 0 Å². The molecule has 1 aromatic heterocycles. The van der Waals surface area contributed by atoms with Crippen LogP contribution < -0.4 is 10.9 Å². The lowest BCUT2D eigenvalue weighted by atomic mass is 10.4. The number of terminal acetylenes is 2. The van der Waals surface area contributed by atoms with Crippen molar-refractivity contribution in [2.75, 3.05) is 11.9 Å². The molecule has 0 unspecified atom stereocenters. The quantitative estimate of drug-likeness (QED) is 0.625. The van der Waals surface area contributed by atoms with Crippen molar-refractivity contribution in [3.05, 3.63) is 21.6 Å². The first-order valence-electron chi connectivity index (χ1n) is 4.57. The topological polar surface area (TPSA) is 46.9 Å². The molecule has 1 N–H and O–H groups in total. The summed E-state index contributed by atoms with van der Waals surface area (Å²) < 4.78 is 1.16. The number of rotatable bonds is 4. The van der Waals surface area contributed by atoms with Crippen LogP contribution in [0.3, 0.4) is 0 Å². The second-order valence-electron chi connectivity index (χ2n) is 2.92. The molecule has 0 radical (unpaired) electrons. The normalized spacial score (nSPS) is 9.19. The smallest absolute Gasteiger partial charge is 0.292 e. The monoisotopic (exact) mass is 235 g/mol. The Morgan fingerprint density at radius 3 is 2.88 bits per heavy atom. The van der Waals surface area contributed by atoms with Gasteiger partial charge in [-0.2, -0.15) is 5.10 Å². The van der Waals surface area contributed by atoms with Gasteiger partial charge in [0.25, 0.3) is 5.56 Å². The Bertz CT molecular complexity index is 507. The largest absolute Gasteiger partial charge is 0.378 e. The van der Waals surface area contributed by atoms with Crippen LogP contribution in [0.5, 0.6) is 0 Å². The molecule has 0 aliphatic rings. The minimum atomic E-state index is -0.345. The van der Waals surface area contributed by atoms with Crippen molar-refractivity contribution in [1.29, 1.82) is 0 Å². The molecule has 1 rings (SSSR count). The lowest BCUT2D eigenvalue weighted by Gasteiger charge is -2.07. The summed E-state index contributed by atoms with van der Waals surface area (Å²) in [6.07, 6.45) is 12.1. The molecule has 0 aliphatic carbocycles. The number of hydrogen-bond acceptors (Lipinski definition) is 3. The van der Waals surface area contributed by atoms with Crippen molar-refractivity contribution in [2.24, 2.45) is 0 Å². The fraction of sp³-hybridized carbons (Fsp3) is 0.273. The highest BCUT2D eigenvalue weighted by molar-refractivity contribution is 6.32. The first-order valence-corrected chi connectivity index (χ1v) is 4.95. The van der Waals surface area contributed by atoms with E-state index in [0.29, 0.717) is 13.0 Å². The summed E-state index contributed by atoms with van der Waals surface area (Å²) in [5, 5.41) is 6.93. The molecule has 0 atom stereocenters. The number of anilines is 1. The molecule has 0 bridgehead atoms. The van der Waals surface area contributed by atoms with Crippen LogP contribution >= 0.6 is 11.6 Å². The third-order valence-corrected chi connectivity index (χ3v) is 2.10. The summed E-state index contributed by atoms with van der Waals surface area (Å²) in [7, 11) is 0. The molecule has 1 aromatic rings. The van der Waals surface area contributed by atoms with Crippen molar-refractivity contribution >= 4 is 17.3 Å². The van der Waals surface area contributed by atoms with Gasteiger partial charge >= 0.3 is 0 Å². The molecular weight excluding hydrogens is 226 g/mol. The molecule has 0 spiro atoms. The lowest BCUT2D eigenvalue weighted by Crippen LogP contribution is -2.26. The standard InChI is InChI=1S/C11H10ClN3O/c1-3-5-6-13-10-9(12)8-14-15(7-4-2)11(10)16/h1-2,8,13H,5-7H2. The summed E-state index contributed by atoms with van der Waals surface area (Å²) in [6, 6.07) is 0. The molecule has 82 valence electrons. The fourth-order valence-electron chi connectivity index (χ4n) is 1.09. The number of hydrogen-bond donors (Lipinski definition) is 1. The highest BCUT2D eigenvalue weighted by Gasteiger charge is 2.08. The zero-order valence-corrected chi connectivity index (χ0v) is 9.29. The van der Waals surface area contributed by atoms with Crippen LogP contribution in [0.15, 0.2) is 11.0 Å². The van der Waals surface area contributed by atoms with E-state index in [-0.39, 0.29) is 22.8 Å². The molecule has 0 aromatic carbocycles. The molecule has 0 saturated heterocycles. The highest BCUT2D eigenvalue weighted by Crippen LogP contribution is 2.14. The third kappa shape index (κ3) is 2.79. The van der Waals surface area contributed by atoms with Crippen LogP contribution in [0.1, 0.15) is 6.42 Å². The summed E-state index contributed by atoms with van der Waals surface area (Å²) in [5.74, 6) is 4.79. The van der Waals surface area contributed by atoms with Gasteiger partial charge in [-0.15, -0.1) is 18.8 Å². The van der Waals surface area contributed by atoms with Crippen molar-refractivity contribution in [3.63, 3.8) is 0 Å². The number of nitrogens with one attached hydrogen (secondary N) is 1. The second-order valence-corrected chi connectivity index (χ2v) is 3.32. The van der Waals surface area contributed by atoms with Crippen LogP contribution in [-0.2, 0) is 6.54 Å². The van der Waals surface area contributed by atoms with E-state index in [2.05, 4.69) is 22.3 Å². The molecular formula is C11H10ClN3O. The van der Waals surface area contributed by atoms with Gasteiger partial charge in [-0.3, -0.25) is 4.79 Å². The van der Waals surface area contributed by atoms with E-state index in [1.165, 1.54) is 6.20 Å². The second kappa shape index (κ2) is 5.85. The molecule has 0 saturated carbocycles. The Morgan fingerprint density at radius 2 is 2.25 bits per heavy atom. The Balaban J connectivity index is 2.99. The van der Waals surface area contributed by atoms with Crippen LogP contribution in [-0.4, -0.2) is 16.3 Å². The van der Waals surface area contributed by atoms with Crippen LogP contribution in [0.4, 0.5) is 5.69 Å². The van der Waals surface area contributed by atoms with Crippen molar-refractivity contribution < 1.29 is 0 Å². The maximum atomic E-state index is 11.8. The first kappa shape index (κ1) is 12.2. The first-order chi connectivity index (χ1) is 7.70. The van der Waals surface area contributed by atoms with Crippen molar-refractivity contribution in [3.8, 4) is 24.7 Å². The predicted octanol–water partition coefficient (Wildman–Crippen LogP) is 0.965. The van der Waals surface area contributed by atoms with Crippen LogP contribution in [0.2, 0.25) is 5.02 Å². The SMILES string of the molecule is C#CCCNc1c(Cl)cnn(CC#C)c1=O. The van der Waals surface area contributed by atoms with Gasteiger partial charge in [0.1, 0.15) is 12.2 Å². The number of aromatic nitrogens is 2. The maximum absolute atomic E-state index is 11.8. The average Bonchev–Trinajstić information content (AvgIpc) is 2.27.